The summed E-state index contributed by atoms with van der Waals surface area (Å²) in [6, 6.07) is 6.60. The third-order valence-electron chi connectivity index (χ3n) is 4.72. The predicted octanol–water partition coefficient (Wildman–Crippen LogP) is 7.38. The molecular formula is C25H17F7O3. The van der Waals surface area contributed by atoms with Crippen molar-refractivity contribution in [2.75, 3.05) is 0 Å². The van der Waals surface area contributed by atoms with Gasteiger partial charge in [-0.25, -0.2) is 35.5 Å². The van der Waals surface area contributed by atoms with E-state index < -0.39 is 58.5 Å². The van der Waals surface area contributed by atoms with Crippen molar-refractivity contribution in [1.29, 1.82) is 0 Å². The van der Waals surface area contributed by atoms with Crippen LogP contribution in [0.15, 0.2) is 54.8 Å². The van der Waals surface area contributed by atoms with Crippen LogP contribution in [0.5, 0.6) is 11.5 Å². The molecule has 0 fully saturated rings. The largest absolute Gasteiger partial charge is 0.459 e. The van der Waals surface area contributed by atoms with E-state index in [9.17, 15) is 35.5 Å². The minimum Gasteiger partial charge on any atom is -0.459 e. The van der Waals surface area contributed by atoms with E-state index in [1.807, 2.05) is 6.92 Å². The van der Waals surface area contributed by atoms with Gasteiger partial charge in [0, 0.05) is 23.8 Å². The lowest BCUT2D eigenvalue weighted by molar-refractivity contribution is 0.0723. The number of aryl methyl sites for hydroxylation is 1. The topological polar surface area (TPSA) is 35.5 Å². The van der Waals surface area contributed by atoms with Gasteiger partial charge in [-0.1, -0.05) is 25.5 Å². The van der Waals surface area contributed by atoms with Crippen LogP contribution in [0.2, 0.25) is 0 Å². The number of carbonyl (C=O) groups excluding carboxylic acids is 1. The van der Waals surface area contributed by atoms with E-state index in [1.165, 1.54) is 12.1 Å². The van der Waals surface area contributed by atoms with E-state index in [1.54, 1.807) is 6.07 Å². The van der Waals surface area contributed by atoms with E-state index >= 15 is 0 Å². The zero-order valence-electron chi connectivity index (χ0n) is 18.1. The number of halogens is 7. The smallest absolute Gasteiger partial charge is 0.349 e. The Kier molecular flexibility index (Phi) is 8.16. The van der Waals surface area contributed by atoms with Crippen molar-refractivity contribution in [2.45, 2.75) is 26.2 Å². The van der Waals surface area contributed by atoms with Crippen LogP contribution in [0.1, 0.15) is 29.3 Å². The van der Waals surface area contributed by atoms with Gasteiger partial charge in [-0.05, 0) is 35.7 Å². The van der Waals surface area contributed by atoms with Gasteiger partial charge in [0.1, 0.15) is 28.8 Å². The number of hydrogen-bond donors (Lipinski definition) is 0. The van der Waals surface area contributed by atoms with Crippen LogP contribution in [0, 0.1) is 29.1 Å². The molecule has 0 saturated heterocycles. The number of allylic oxidation sites excluding steroid dienone is 1. The minimum atomic E-state index is -2.92. The molecule has 0 bridgehead atoms. The number of carbonyl (C=O) groups is 1. The Balaban J connectivity index is 1.84. The molecule has 10 heteroatoms. The first-order valence-corrected chi connectivity index (χ1v) is 10.2. The molecule has 0 aliphatic rings. The molecule has 3 rings (SSSR count). The molecule has 0 spiro atoms. The number of rotatable bonds is 8. The Morgan fingerprint density at radius 3 is 2.06 bits per heavy atom. The fourth-order valence-electron chi connectivity index (χ4n) is 3.19. The number of hydrogen-bond acceptors (Lipinski definition) is 3. The Morgan fingerprint density at radius 2 is 1.51 bits per heavy atom. The van der Waals surface area contributed by atoms with E-state index in [-0.39, 0.29) is 17.2 Å². The second kappa shape index (κ2) is 11.1. The van der Waals surface area contributed by atoms with Gasteiger partial charge in [-0.15, -0.1) is 0 Å². The number of benzene rings is 3. The first-order valence-electron chi connectivity index (χ1n) is 10.2. The molecule has 3 aromatic carbocycles. The Labute approximate surface area is 195 Å². The zero-order chi connectivity index (χ0) is 25.7. The van der Waals surface area contributed by atoms with Crippen molar-refractivity contribution in [1.82, 2.24) is 0 Å². The van der Waals surface area contributed by atoms with Gasteiger partial charge in [-0.2, -0.15) is 0 Å². The minimum absolute atomic E-state index is 0.0943. The molecule has 0 aliphatic carbocycles. The van der Waals surface area contributed by atoms with Crippen molar-refractivity contribution in [3.63, 3.8) is 0 Å². The van der Waals surface area contributed by atoms with Gasteiger partial charge in [0.25, 0.3) is 6.43 Å². The molecule has 3 aromatic rings. The maximum absolute atomic E-state index is 14.6. The number of alkyl halides is 2. The molecular weight excluding hydrogens is 481 g/mol. The molecule has 0 N–H and O–H groups in total. The first kappa shape index (κ1) is 25.8. The van der Waals surface area contributed by atoms with Gasteiger partial charge in [0.05, 0.1) is 6.26 Å². The Bertz CT molecular complexity index is 1230. The number of esters is 1. The third kappa shape index (κ3) is 6.20. The van der Waals surface area contributed by atoms with Crippen LogP contribution in [0.4, 0.5) is 30.7 Å². The lowest BCUT2D eigenvalue weighted by Crippen LogP contribution is -2.14. The van der Waals surface area contributed by atoms with Crippen LogP contribution in [0.3, 0.4) is 0 Å². The molecule has 0 heterocycles. The standard InChI is InChI=1S/C25H17F7O3/c1-2-3-13-4-5-16(17(26)8-13)14-9-18(27)23(19(28)10-14)25(33)35-15-11-20(29)24(21(30)12-15)34-7-6-22(31)32/h4-12,22H,2-3H2,1H3/b7-6+. The van der Waals surface area contributed by atoms with Crippen LogP contribution in [-0.4, -0.2) is 12.4 Å². The summed E-state index contributed by atoms with van der Waals surface area (Å²) >= 11 is 0. The monoisotopic (exact) mass is 498 g/mol. The third-order valence-corrected chi connectivity index (χ3v) is 4.72. The second-order valence-electron chi connectivity index (χ2n) is 7.27. The maximum Gasteiger partial charge on any atom is 0.349 e. The van der Waals surface area contributed by atoms with Gasteiger partial charge in [-0.3, -0.25) is 0 Å². The van der Waals surface area contributed by atoms with Gasteiger partial charge in [0.15, 0.2) is 17.4 Å². The summed E-state index contributed by atoms with van der Waals surface area (Å²) in [6.07, 6.45) is -0.934. The van der Waals surface area contributed by atoms with Crippen molar-refractivity contribution in [2.24, 2.45) is 0 Å². The summed E-state index contributed by atoms with van der Waals surface area (Å²) in [5, 5.41) is 0. The van der Waals surface area contributed by atoms with E-state index in [4.69, 9.17) is 0 Å². The molecule has 184 valence electrons. The molecule has 0 aromatic heterocycles. The lowest BCUT2D eigenvalue weighted by atomic mass is 9.99. The van der Waals surface area contributed by atoms with E-state index in [0.29, 0.717) is 30.4 Å². The second-order valence-corrected chi connectivity index (χ2v) is 7.27. The van der Waals surface area contributed by atoms with Crippen LogP contribution in [-0.2, 0) is 6.42 Å². The first-order chi connectivity index (χ1) is 16.6. The molecule has 0 amide bonds. The van der Waals surface area contributed by atoms with Crippen molar-refractivity contribution >= 4 is 5.97 Å². The fraction of sp³-hybridized carbons (Fsp3) is 0.160. The van der Waals surface area contributed by atoms with Gasteiger partial charge >= 0.3 is 5.97 Å². The van der Waals surface area contributed by atoms with Crippen molar-refractivity contribution in [3.05, 3.63) is 95.0 Å². The average Bonchev–Trinajstić information content (AvgIpc) is 2.75. The van der Waals surface area contributed by atoms with E-state index in [0.717, 1.165) is 18.6 Å². The highest BCUT2D eigenvalue weighted by Gasteiger charge is 2.23. The summed E-state index contributed by atoms with van der Waals surface area (Å²) in [5.74, 6) is -9.78. The van der Waals surface area contributed by atoms with Crippen molar-refractivity contribution < 1.29 is 45.0 Å². The fourth-order valence-corrected chi connectivity index (χ4v) is 3.19. The molecule has 0 saturated carbocycles. The highest BCUT2D eigenvalue weighted by atomic mass is 19.3. The Morgan fingerprint density at radius 1 is 0.886 bits per heavy atom. The van der Waals surface area contributed by atoms with Crippen LogP contribution < -0.4 is 9.47 Å². The summed E-state index contributed by atoms with van der Waals surface area (Å²) in [7, 11) is 0. The summed E-state index contributed by atoms with van der Waals surface area (Å²) in [5.41, 5.74) is -0.732. The van der Waals surface area contributed by atoms with Crippen LogP contribution in [0.25, 0.3) is 11.1 Å². The summed E-state index contributed by atoms with van der Waals surface area (Å²) in [4.78, 5) is 12.3. The van der Waals surface area contributed by atoms with Gasteiger partial charge < -0.3 is 9.47 Å². The molecule has 3 nitrogen and oxygen atoms in total. The normalized spacial score (nSPS) is 11.3. The maximum atomic E-state index is 14.6. The SMILES string of the molecule is CCCc1ccc(-c2cc(F)c(C(=O)Oc3cc(F)c(O/C=C/C(F)F)c(F)c3)c(F)c2)c(F)c1. The van der Waals surface area contributed by atoms with Gasteiger partial charge in [0.2, 0.25) is 0 Å². The number of ether oxygens (including phenoxy) is 2. The molecule has 0 unspecified atom stereocenters. The summed E-state index contributed by atoms with van der Waals surface area (Å²) in [6.45, 7) is 1.91. The molecule has 0 radical (unpaired) electrons. The Hall–Kier alpha value is -3.82. The van der Waals surface area contributed by atoms with Crippen molar-refractivity contribution in [3.8, 4) is 22.6 Å². The lowest BCUT2D eigenvalue weighted by Gasteiger charge is -2.11. The molecule has 0 aliphatic heterocycles. The highest BCUT2D eigenvalue weighted by molar-refractivity contribution is 5.92. The molecule has 35 heavy (non-hydrogen) atoms. The molecule has 0 atom stereocenters. The predicted molar refractivity (Wildman–Crippen MR) is 113 cm³/mol. The highest BCUT2D eigenvalue weighted by Crippen LogP contribution is 2.30. The quantitative estimate of drug-likeness (QED) is 0.141. The average molecular weight is 498 g/mol. The van der Waals surface area contributed by atoms with Crippen LogP contribution >= 0.6 is 0 Å². The zero-order valence-corrected chi connectivity index (χ0v) is 18.1. The van der Waals surface area contributed by atoms with E-state index in [2.05, 4.69) is 9.47 Å². The summed E-state index contributed by atoms with van der Waals surface area (Å²) < 4.78 is 105.